The molecule has 0 saturated carbocycles. The van der Waals surface area contributed by atoms with Crippen LogP contribution in [0.4, 0.5) is 13.2 Å². The van der Waals surface area contributed by atoms with E-state index in [1.165, 1.54) is 5.56 Å². The molecule has 11 heteroatoms. The smallest absolute Gasteiger partial charge is 0.341 e. The van der Waals surface area contributed by atoms with Crippen molar-refractivity contribution in [2.45, 2.75) is 64.1 Å². The number of alkyl halides is 3. The molecule has 3 aromatic heterocycles. The zero-order valence-electron chi connectivity index (χ0n) is 23.0. The van der Waals surface area contributed by atoms with Crippen LogP contribution in [0.5, 0.6) is 0 Å². The number of fused-ring (bicyclic) bond motifs is 2. The molecule has 0 radical (unpaired) electrons. The van der Waals surface area contributed by atoms with Crippen LogP contribution in [-0.4, -0.2) is 30.0 Å². The number of benzene rings is 2. The number of hydrogen-bond donors (Lipinski definition) is 3. The third-order valence-corrected chi connectivity index (χ3v) is 8.18. The van der Waals surface area contributed by atoms with Crippen molar-refractivity contribution in [3.8, 4) is 0 Å². The van der Waals surface area contributed by atoms with E-state index >= 15 is 0 Å². The summed E-state index contributed by atoms with van der Waals surface area (Å²) in [4.78, 5) is 15.5. The highest BCUT2D eigenvalue weighted by atomic mass is 35.5. The first kappa shape index (κ1) is 28.4. The molecule has 1 aliphatic carbocycles. The maximum atomic E-state index is 13.4. The van der Waals surface area contributed by atoms with Gasteiger partial charge in [0.15, 0.2) is 5.15 Å². The highest BCUT2D eigenvalue weighted by Gasteiger charge is 2.38. The predicted octanol–water partition coefficient (Wildman–Crippen LogP) is 7.28. The Morgan fingerprint density at radius 3 is 2.62 bits per heavy atom. The summed E-state index contributed by atoms with van der Waals surface area (Å²) < 4.78 is 40.1. The summed E-state index contributed by atoms with van der Waals surface area (Å²) in [6, 6.07) is 19.9. The second-order valence-corrected chi connectivity index (χ2v) is 11.1. The number of pyridine rings is 1. The summed E-state index contributed by atoms with van der Waals surface area (Å²) in [6.45, 7) is 3.36. The Labute approximate surface area is 246 Å². The summed E-state index contributed by atoms with van der Waals surface area (Å²) >= 11 is 5.98. The largest absolute Gasteiger partial charge is 0.433 e. The van der Waals surface area contributed by atoms with Gasteiger partial charge in [0.2, 0.25) is 0 Å². The van der Waals surface area contributed by atoms with E-state index in [-0.39, 0.29) is 16.8 Å². The first-order valence-corrected chi connectivity index (χ1v) is 14.4. The number of aromatic nitrogens is 5. The lowest BCUT2D eigenvalue weighted by Gasteiger charge is -2.34. The predicted molar refractivity (Wildman–Crippen MR) is 156 cm³/mol. The van der Waals surface area contributed by atoms with Crippen LogP contribution in [0.1, 0.15) is 71.3 Å². The molecule has 6 rings (SSSR count). The third-order valence-electron chi connectivity index (χ3n) is 7.89. The number of imidazole rings is 1. The number of halogens is 4. The van der Waals surface area contributed by atoms with Gasteiger partial charge in [-0.25, -0.2) is 4.98 Å². The lowest BCUT2D eigenvalue weighted by molar-refractivity contribution is -0.142. The molecule has 1 aliphatic rings. The van der Waals surface area contributed by atoms with Crippen LogP contribution in [-0.2, 0) is 32.2 Å². The second kappa shape index (κ2) is 11.9. The first-order valence-electron chi connectivity index (χ1n) is 14.0. The van der Waals surface area contributed by atoms with Crippen molar-refractivity contribution in [1.29, 1.82) is 0 Å². The van der Waals surface area contributed by atoms with Crippen molar-refractivity contribution in [2.75, 3.05) is 0 Å². The molecule has 2 unspecified atom stereocenters. The van der Waals surface area contributed by atoms with Gasteiger partial charge >= 0.3 is 6.18 Å². The zero-order valence-corrected chi connectivity index (χ0v) is 23.8. The van der Waals surface area contributed by atoms with Gasteiger partial charge in [0.1, 0.15) is 11.5 Å². The summed E-state index contributed by atoms with van der Waals surface area (Å²) in [7, 11) is 0. The minimum absolute atomic E-state index is 0.0802. The molecule has 0 aliphatic heterocycles. The fourth-order valence-electron chi connectivity index (χ4n) is 5.80. The van der Waals surface area contributed by atoms with Gasteiger partial charge in [-0.2, -0.15) is 18.3 Å². The monoisotopic (exact) mass is 593 g/mol. The molecule has 7 nitrogen and oxygen atoms in total. The average molecular weight is 594 g/mol. The Balaban J connectivity index is 1.19. The van der Waals surface area contributed by atoms with Crippen LogP contribution in [0, 0.1) is 0 Å². The van der Waals surface area contributed by atoms with E-state index in [0.29, 0.717) is 19.6 Å². The Kier molecular flexibility index (Phi) is 8.02. The zero-order chi connectivity index (χ0) is 29.3. The molecule has 0 spiro atoms. The quantitative estimate of drug-likeness (QED) is 0.167. The molecule has 2 atom stereocenters. The lowest BCUT2D eigenvalue weighted by atomic mass is 9.90. The van der Waals surface area contributed by atoms with Crippen molar-refractivity contribution in [3.63, 3.8) is 0 Å². The number of aromatic amines is 2. The fourth-order valence-corrected chi connectivity index (χ4v) is 6.10. The Morgan fingerprint density at radius 1 is 1.05 bits per heavy atom. The minimum Gasteiger partial charge on any atom is -0.341 e. The number of H-pyrrole nitrogens is 2. The summed E-state index contributed by atoms with van der Waals surface area (Å²) in [5.74, 6) is 0.908. The van der Waals surface area contributed by atoms with Crippen molar-refractivity contribution in [1.82, 2.24) is 35.4 Å². The molecule has 3 N–H and O–H groups in total. The standard InChI is InChI=1S/C31H31ClF3N7/c1-19(27-29(31(33,34)35)40-41-30(27)32)37-16-20-11-13-21(14-12-20)17-42(18-26-38-23-8-2-3-9-24(23)39-26)25-10-4-6-22-7-5-15-36-28(22)25/h2-3,5,7-9,11-15,19,25,37H,4,6,10,16-18H2,1H3,(H,38,39)(H,40,41). The van der Waals surface area contributed by atoms with Crippen LogP contribution in [0.25, 0.3) is 11.0 Å². The van der Waals surface area contributed by atoms with E-state index in [1.807, 2.05) is 53.8 Å². The van der Waals surface area contributed by atoms with Crippen molar-refractivity contribution < 1.29 is 13.2 Å². The minimum atomic E-state index is -4.56. The highest BCUT2D eigenvalue weighted by molar-refractivity contribution is 6.30. The van der Waals surface area contributed by atoms with Crippen molar-refractivity contribution >= 4 is 22.6 Å². The Morgan fingerprint density at radius 2 is 1.83 bits per heavy atom. The number of rotatable bonds is 9. The average Bonchev–Trinajstić information content (AvgIpc) is 3.59. The molecular weight excluding hydrogens is 563 g/mol. The fraction of sp³-hybridized carbons (Fsp3) is 0.323. The van der Waals surface area contributed by atoms with Crippen molar-refractivity contribution in [2.24, 2.45) is 0 Å². The molecule has 5 aromatic rings. The molecule has 218 valence electrons. The van der Waals surface area contributed by atoms with E-state index in [4.69, 9.17) is 21.6 Å². The van der Waals surface area contributed by atoms with Gasteiger partial charge in [-0.15, -0.1) is 0 Å². The SMILES string of the molecule is CC(NCc1ccc(CN(Cc2nc3ccccc3[nH]2)C2CCCc3cccnc32)cc1)c1c(Cl)n[nH]c1C(F)(F)F. The number of aryl methyl sites for hydroxylation is 1. The molecule has 0 amide bonds. The maximum Gasteiger partial charge on any atom is 0.433 e. The summed E-state index contributed by atoms with van der Waals surface area (Å²) in [6.07, 6.45) is 0.455. The van der Waals surface area contributed by atoms with E-state index < -0.39 is 17.9 Å². The number of para-hydroxylation sites is 2. The van der Waals surface area contributed by atoms with E-state index in [1.54, 1.807) is 6.92 Å². The van der Waals surface area contributed by atoms with E-state index in [0.717, 1.165) is 52.9 Å². The van der Waals surface area contributed by atoms with Gasteiger partial charge in [-0.3, -0.25) is 15.0 Å². The van der Waals surface area contributed by atoms with Gasteiger partial charge in [-0.1, -0.05) is 54.1 Å². The molecule has 0 saturated heterocycles. The lowest BCUT2D eigenvalue weighted by Crippen LogP contribution is -2.31. The molecule has 2 aromatic carbocycles. The van der Waals surface area contributed by atoms with Crippen molar-refractivity contribution in [3.05, 3.63) is 111 Å². The Bertz CT molecular complexity index is 1630. The van der Waals surface area contributed by atoms with Crippen LogP contribution >= 0.6 is 11.6 Å². The highest BCUT2D eigenvalue weighted by Crippen LogP contribution is 2.37. The van der Waals surface area contributed by atoms with Crippen LogP contribution in [0.15, 0.2) is 66.9 Å². The van der Waals surface area contributed by atoms with Crippen LogP contribution in [0.2, 0.25) is 5.15 Å². The van der Waals surface area contributed by atoms with Gasteiger partial charge in [0, 0.05) is 30.9 Å². The summed E-state index contributed by atoms with van der Waals surface area (Å²) in [5, 5.41) is 8.54. The Hall–Kier alpha value is -3.73. The van der Waals surface area contributed by atoms with Crippen LogP contribution in [0.3, 0.4) is 0 Å². The van der Waals surface area contributed by atoms with Gasteiger partial charge in [-0.05, 0) is 61.1 Å². The number of nitrogens with one attached hydrogen (secondary N) is 3. The normalized spacial score (nSPS) is 16.2. The first-order chi connectivity index (χ1) is 20.3. The van der Waals surface area contributed by atoms with Gasteiger partial charge in [0.25, 0.3) is 0 Å². The molecular formula is C31H31ClF3N7. The van der Waals surface area contributed by atoms with E-state index in [9.17, 15) is 13.2 Å². The van der Waals surface area contributed by atoms with Gasteiger partial charge < -0.3 is 10.3 Å². The third kappa shape index (κ3) is 6.06. The number of nitrogens with zero attached hydrogens (tertiary/aromatic N) is 4. The molecule has 3 heterocycles. The molecule has 0 bridgehead atoms. The molecule has 42 heavy (non-hydrogen) atoms. The maximum absolute atomic E-state index is 13.4. The molecule has 0 fully saturated rings. The summed E-state index contributed by atoms with van der Waals surface area (Å²) in [5.41, 5.74) is 5.46. The number of hydrogen-bond acceptors (Lipinski definition) is 5. The van der Waals surface area contributed by atoms with Crippen LogP contribution < -0.4 is 5.32 Å². The van der Waals surface area contributed by atoms with Gasteiger partial charge in [0.05, 0.1) is 29.3 Å². The topological polar surface area (TPSA) is 85.5 Å². The van der Waals surface area contributed by atoms with E-state index in [2.05, 4.69) is 38.5 Å². The second-order valence-electron chi connectivity index (χ2n) is 10.8.